The zero-order valence-electron chi connectivity index (χ0n) is 11.9. The van der Waals surface area contributed by atoms with E-state index in [1.807, 2.05) is 23.1 Å². The van der Waals surface area contributed by atoms with Crippen LogP contribution in [0.4, 0.5) is 0 Å². The van der Waals surface area contributed by atoms with Crippen molar-refractivity contribution >= 4 is 5.91 Å². The molecular weight excluding hydrogens is 238 g/mol. The number of nitrogens with zero attached hydrogens (tertiary/aromatic N) is 1. The number of para-hydroxylation sites is 1. The molecule has 1 aliphatic heterocycles. The zero-order chi connectivity index (χ0) is 13.7. The average Bonchev–Trinajstić information content (AvgIpc) is 2.98. The summed E-state index contributed by atoms with van der Waals surface area (Å²) in [5.41, 5.74) is 1.19. The fraction of sp³-hybridized carbons (Fsp3) is 0.562. The highest BCUT2D eigenvalue weighted by Gasteiger charge is 2.19. The van der Waals surface area contributed by atoms with Crippen LogP contribution in [-0.4, -0.2) is 30.5 Å². The lowest BCUT2D eigenvalue weighted by Crippen LogP contribution is -2.32. The predicted octanol–water partition coefficient (Wildman–Crippen LogP) is 3.20. The SMILES string of the molecule is CCC(C)c1ccccc1OCC(=O)N1CCCC1. The molecule has 1 aliphatic rings. The van der Waals surface area contributed by atoms with Gasteiger partial charge in [0.15, 0.2) is 6.61 Å². The van der Waals surface area contributed by atoms with Crippen LogP contribution in [0, 0.1) is 0 Å². The molecule has 1 aromatic carbocycles. The van der Waals surface area contributed by atoms with Gasteiger partial charge in [-0.25, -0.2) is 0 Å². The van der Waals surface area contributed by atoms with Crippen molar-refractivity contribution in [1.82, 2.24) is 4.90 Å². The summed E-state index contributed by atoms with van der Waals surface area (Å²) >= 11 is 0. The lowest BCUT2D eigenvalue weighted by molar-refractivity contribution is -0.132. The van der Waals surface area contributed by atoms with Crippen LogP contribution < -0.4 is 4.74 Å². The van der Waals surface area contributed by atoms with Crippen LogP contribution >= 0.6 is 0 Å². The fourth-order valence-electron chi connectivity index (χ4n) is 2.44. The molecule has 3 nitrogen and oxygen atoms in total. The largest absolute Gasteiger partial charge is 0.483 e. The number of likely N-dealkylation sites (tertiary alicyclic amines) is 1. The van der Waals surface area contributed by atoms with E-state index in [1.54, 1.807) is 0 Å². The molecule has 104 valence electrons. The fourth-order valence-corrected chi connectivity index (χ4v) is 2.44. The highest BCUT2D eigenvalue weighted by Crippen LogP contribution is 2.28. The Labute approximate surface area is 115 Å². The summed E-state index contributed by atoms with van der Waals surface area (Å²) in [6.45, 7) is 6.28. The third kappa shape index (κ3) is 3.49. The molecule has 1 atom stereocenters. The number of hydrogen-bond donors (Lipinski definition) is 0. The van der Waals surface area contributed by atoms with Crippen molar-refractivity contribution in [2.45, 2.75) is 39.0 Å². The summed E-state index contributed by atoms with van der Waals surface area (Å²) < 4.78 is 5.74. The van der Waals surface area contributed by atoms with Crippen LogP contribution in [0.15, 0.2) is 24.3 Å². The Morgan fingerprint density at radius 1 is 1.32 bits per heavy atom. The van der Waals surface area contributed by atoms with Gasteiger partial charge in [-0.3, -0.25) is 4.79 Å². The minimum absolute atomic E-state index is 0.108. The van der Waals surface area contributed by atoms with E-state index >= 15 is 0 Å². The number of ether oxygens (including phenoxy) is 1. The van der Waals surface area contributed by atoms with Crippen molar-refractivity contribution in [2.75, 3.05) is 19.7 Å². The molecule has 19 heavy (non-hydrogen) atoms. The topological polar surface area (TPSA) is 29.5 Å². The minimum Gasteiger partial charge on any atom is -0.483 e. The smallest absolute Gasteiger partial charge is 0.260 e. The summed E-state index contributed by atoms with van der Waals surface area (Å²) in [5.74, 6) is 1.42. The second-order valence-corrected chi connectivity index (χ2v) is 5.22. The lowest BCUT2D eigenvalue weighted by Gasteiger charge is -2.18. The lowest BCUT2D eigenvalue weighted by atomic mass is 9.98. The average molecular weight is 261 g/mol. The molecule has 0 radical (unpaired) electrons. The van der Waals surface area contributed by atoms with E-state index in [9.17, 15) is 4.79 Å². The van der Waals surface area contributed by atoms with E-state index in [0.29, 0.717) is 5.92 Å². The van der Waals surface area contributed by atoms with E-state index in [2.05, 4.69) is 19.9 Å². The van der Waals surface area contributed by atoms with Gasteiger partial charge in [-0.1, -0.05) is 32.0 Å². The molecule has 0 bridgehead atoms. The van der Waals surface area contributed by atoms with Crippen LogP contribution in [0.25, 0.3) is 0 Å². The first kappa shape index (κ1) is 13.9. The van der Waals surface area contributed by atoms with Crippen molar-refractivity contribution in [3.05, 3.63) is 29.8 Å². The zero-order valence-corrected chi connectivity index (χ0v) is 11.9. The molecule has 1 unspecified atom stereocenters. The minimum atomic E-state index is 0.108. The van der Waals surface area contributed by atoms with E-state index in [0.717, 1.165) is 38.1 Å². The Hall–Kier alpha value is -1.51. The van der Waals surface area contributed by atoms with Crippen molar-refractivity contribution in [1.29, 1.82) is 0 Å². The summed E-state index contributed by atoms with van der Waals surface area (Å²) in [6.07, 6.45) is 3.31. The molecule has 0 aromatic heterocycles. The summed E-state index contributed by atoms with van der Waals surface area (Å²) in [6, 6.07) is 8.03. The summed E-state index contributed by atoms with van der Waals surface area (Å²) in [4.78, 5) is 13.9. The van der Waals surface area contributed by atoms with Gasteiger partial charge in [0, 0.05) is 13.1 Å². The van der Waals surface area contributed by atoms with Crippen LogP contribution in [0.3, 0.4) is 0 Å². The van der Waals surface area contributed by atoms with Gasteiger partial charge in [0.2, 0.25) is 0 Å². The van der Waals surface area contributed by atoms with Gasteiger partial charge >= 0.3 is 0 Å². The molecule has 0 saturated carbocycles. The van der Waals surface area contributed by atoms with Crippen molar-refractivity contribution in [3.63, 3.8) is 0 Å². The highest BCUT2D eigenvalue weighted by atomic mass is 16.5. The van der Waals surface area contributed by atoms with Crippen molar-refractivity contribution in [2.24, 2.45) is 0 Å². The second-order valence-electron chi connectivity index (χ2n) is 5.22. The predicted molar refractivity (Wildman–Crippen MR) is 76.5 cm³/mol. The first-order chi connectivity index (χ1) is 9.22. The molecular formula is C16H23NO2. The molecule has 1 aromatic rings. The second kappa shape index (κ2) is 6.60. The Morgan fingerprint density at radius 3 is 2.68 bits per heavy atom. The Morgan fingerprint density at radius 2 is 2.00 bits per heavy atom. The number of benzene rings is 1. The van der Waals surface area contributed by atoms with Gasteiger partial charge in [0.05, 0.1) is 0 Å². The van der Waals surface area contributed by atoms with E-state index in [4.69, 9.17) is 4.74 Å². The van der Waals surface area contributed by atoms with Gasteiger partial charge < -0.3 is 9.64 Å². The van der Waals surface area contributed by atoms with Crippen LogP contribution in [0.2, 0.25) is 0 Å². The van der Waals surface area contributed by atoms with E-state index in [-0.39, 0.29) is 12.5 Å². The Kier molecular flexibility index (Phi) is 4.83. The molecule has 1 saturated heterocycles. The first-order valence-electron chi connectivity index (χ1n) is 7.22. The van der Waals surface area contributed by atoms with Gasteiger partial charge in [-0.05, 0) is 36.8 Å². The number of carbonyl (C=O) groups excluding carboxylic acids is 1. The quantitative estimate of drug-likeness (QED) is 0.814. The van der Waals surface area contributed by atoms with Gasteiger partial charge in [0.25, 0.3) is 5.91 Å². The number of amides is 1. The molecule has 2 rings (SSSR count). The van der Waals surface area contributed by atoms with E-state index in [1.165, 1.54) is 5.56 Å². The van der Waals surface area contributed by atoms with Crippen molar-refractivity contribution < 1.29 is 9.53 Å². The molecule has 1 amide bonds. The van der Waals surface area contributed by atoms with Crippen LogP contribution in [-0.2, 0) is 4.79 Å². The number of hydrogen-bond acceptors (Lipinski definition) is 2. The van der Waals surface area contributed by atoms with Crippen LogP contribution in [0.5, 0.6) is 5.75 Å². The third-order valence-electron chi connectivity index (χ3n) is 3.87. The Bertz CT molecular complexity index is 425. The standard InChI is InChI=1S/C16H23NO2/c1-3-13(2)14-8-4-5-9-15(14)19-12-16(18)17-10-6-7-11-17/h4-5,8-9,13H,3,6-7,10-12H2,1-2H3. The monoisotopic (exact) mass is 261 g/mol. The Balaban J connectivity index is 1.97. The highest BCUT2D eigenvalue weighted by molar-refractivity contribution is 5.78. The molecule has 3 heteroatoms. The van der Waals surface area contributed by atoms with Gasteiger partial charge in [0.1, 0.15) is 5.75 Å². The molecule has 1 heterocycles. The molecule has 0 N–H and O–H groups in total. The summed E-state index contributed by atoms with van der Waals surface area (Å²) in [7, 11) is 0. The van der Waals surface area contributed by atoms with Gasteiger partial charge in [-0.2, -0.15) is 0 Å². The maximum absolute atomic E-state index is 12.0. The van der Waals surface area contributed by atoms with Crippen LogP contribution in [0.1, 0.15) is 44.6 Å². The molecule has 0 spiro atoms. The molecule has 0 aliphatic carbocycles. The maximum Gasteiger partial charge on any atom is 0.260 e. The van der Waals surface area contributed by atoms with E-state index < -0.39 is 0 Å². The maximum atomic E-state index is 12.0. The summed E-state index contributed by atoms with van der Waals surface area (Å²) in [5, 5.41) is 0. The third-order valence-corrected chi connectivity index (χ3v) is 3.87. The normalized spacial score (nSPS) is 16.4. The number of carbonyl (C=O) groups is 1. The first-order valence-corrected chi connectivity index (χ1v) is 7.22. The number of rotatable bonds is 5. The molecule has 1 fully saturated rings. The van der Waals surface area contributed by atoms with Crippen molar-refractivity contribution in [3.8, 4) is 5.75 Å². The van der Waals surface area contributed by atoms with Gasteiger partial charge in [-0.15, -0.1) is 0 Å².